The van der Waals surface area contributed by atoms with Crippen LogP contribution >= 0.6 is 0 Å². The third kappa shape index (κ3) is 4.15. The van der Waals surface area contributed by atoms with Crippen LogP contribution in [0.15, 0.2) is 54.6 Å². The summed E-state index contributed by atoms with van der Waals surface area (Å²) >= 11 is 0. The minimum Gasteiger partial charge on any atom is -0.494 e. The second-order valence-electron chi connectivity index (χ2n) is 4.49. The number of halogens is 3. The molecule has 2 nitrogen and oxygen atoms in total. The van der Waals surface area contributed by atoms with E-state index in [2.05, 4.69) is 5.32 Å². The maximum atomic E-state index is 13.2. The van der Waals surface area contributed by atoms with Crippen LogP contribution < -0.4 is 10.1 Å². The number of anilines is 1. The largest absolute Gasteiger partial charge is 0.494 e. The van der Waals surface area contributed by atoms with Crippen molar-refractivity contribution in [3.8, 4) is 5.75 Å². The van der Waals surface area contributed by atoms with Gasteiger partial charge in [-0.3, -0.25) is 0 Å². The number of hydrogen-bond acceptors (Lipinski definition) is 2. The van der Waals surface area contributed by atoms with Crippen LogP contribution in [0.5, 0.6) is 5.75 Å². The summed E-state index contributed by atoms with van der Waals surface area (Å²) in [6, 6.07) is 12.5. The molecule has 0 saturated heterocycles. The summed E-state index contributed by atoms with van der Waals surface area (Å²) in [5.74, 6) is 0.538. The van der Waals surface area contributed by atoms with Crippen LogP contribution in [-0.4, -0.2) is 12.8 Å². The zero-order chi connectivity index (χ0) is 15.3. The van der Waals surface area contributed by atoms with E-state index in [1.807, 2.05) is 6.92 Å². The fourth-order valence-electron chi connectivity index (χ4n) is 2.01. The van der Waals surface area contributed by atoms with Gasteiger partial charge in [-0.2, -0.15) is 13.2 Å². The molecule has 0 amide bonds. The van der Waals surface area contributed by atoms with Crippen molar-refractivity contribution in [1.82, 2.24) is 0 Å². The predicted molar refractivity (Wildman–Crippen MR) is 76.5 cm³/mol. The Morgan fingerprint density at radius 2 is 1.76 bits per heavy atom. The van der Waals surface area contributed by atoms with E-state index in [1.165, 1.54) is 12.1 Å². The fourth-order valence-corrected chi connectivity index (χ4v) is 2.01. The Morgan fingerprint density at radius 3 is 2.38 bits per heavy atom. The molecule has 2 rings (SSSR count). The van der Waals surface area contributed by atoms with Crippen LogP contribution in [0.25, 0.3) is 0 Å². The maximum Gasteiger partial charge on any atom is 0.412 e. The maximum absolute atomic E-state index is 13.2. The van der Waals surface area contributed by atoms with Gasteiger partial charge >= 0.3 is 6.18 Å². The summed E-state index contributed by atoms with van der Waals surface area (Å²) < 4.78 is 45.0. The highest BCUT2D eigenvalue weighted by Crippen LogP contribution is 2.36. The molecule has 0 fully saturated rings. The van der Waals surface area contributed by atoms with E-state index in [1.54, 1.807) is 42.5 Å². The number of benzene rings is 2. The van der Waals surface area contributed by atoms with Gasteiger partial charge in [0.2, 0.25) is 0 Å². The molecule has 0 spiro atoms. The minimum atomic E-state index is -4.39. The summed E-state index contributed by atoms with van der Waals surface area (Å²) in [7, 11) is 0. The molecule has 0 aliphatic rings. The van der Waals surface area contributed by atoms with Crippen LogP contribution in [0.2, 0.25) is 0 Å². The molecule has 5 heteroatoms. The number of alkyl halides is 3. The molecule has 0 aliphatic heterocycles. The lowest BCUT2D eigenvalue weighted by Gasteiger charge is -2.23. The lowest BCUT2D eigenvalue weighted by Crippen LogP contribution is -2.27. The Hall–Kier alpha value is -2.17. The van der Waals surface area contributed by atoms with Gasteiger partial charge < -0.3 is 10.1 Å². The van der Waals surface area contributed by atoms with E-state index in [4.69, 9.17) is 4.74 Å². The van der Waals surface area contributed by atoms with Gasteiger partial charge in [-0.15, -0.1) is 0 Å². The first-order chi connectivity index (χ1) is 10.0. The van der Waals surface area contributed by atoms with E-state index in [0.29, 0.717) is 18.0 Å². The van der Waals surface area contributed by atoms with Gasteiger partial charge in [0.15, 0.2) is 0 Å². The Bertz CT molecular complexity index is 569. The van der Waals surface area contributed by atoms with Crippen molar-refractivity contribution in [2.24, 2.45) is 0 Å². The average Bonchev–Trinajstić information content (AvgIpc) is 2.45. The monoisotopic (exact) mass is 295 g/mol. The molecule has 21 heavy (non-hydrogen) atoms. The van der Waals surface area contributed by atoms with E-state index < -0.39 is 12.2 Å². The molecule has 0 saturated carbocycles. The van der Waals surface area contributed by atoms with E-state index in [-0.39, 0.29) is 5.56 Å². The normalized spacial score (nSPS) is 12.8. The van der Waals surface area contributed by atoms with Gasteiger partial charge in [-0.05, 0) is 24.6 Å². The van der Waals surface area contributed by atoms with Crippen LogP contribution in [-0.2, 0) is 0 Å². The second-order valence-corrected chi connectivity index (χ2v) is 4.49. The summed E-state index contributed by atoms with van der Waals surface area (Å²) in [4.78, 5) is 0. The summed E-state index contributed by atoms with van der Waals surface area (Å²) in [5.41, 5.74) is 0.541. The van der Waals surface area contributed by atoms with Gasteiger partial charge in [0.1, 0.15) is 11.8 Å². The molecule has 0 heterocycles. The highest BCUT2D eigenvalue weighted by Gasteiger charge is 2.40. The summed E-state index contributed by atoms with van der Waals surface area (Å²) in [6.45, 7) is 2.29. The predicted octanol–water partition coefficient (Wildman–Crippen LogP) is 4.80. The van der Waals surface area contributed by atoms with Gasteiger partial charge in [-0.25, -0.2) is 0 Å². The Balaban J connectivity index is 2.26. The zero-order valence-corrected chi connectivity index (χ0v) is 11.5. The quantitative estimate of drug-likeness (QED) is 0.855. The van der Waals surface area contributed by atoms with Crippen molar-refractivity contribution < 1.29 is 17.9 Å². The van der Waals surface area contributed by atoms with Crippen LogP contribution in [0.3, 0.4) is 0 Å². The van der Waals surface area contributed by atoms with Crippen molar-refractivity contribution in [1.29, 1.82) is 0 Å². The van der Waals surface area contributed by atoms with Crippen molar-refractivity contribution in [2.75, 3.05) is 11.9 Å². The Morgan fingerprint density at radius 1 is 1.05 bits per heavy atom. The smallest absolute Gasteiger partial charge is 0.412 e. The van der Waals surface area contributed by atoms with Crippen LogP contribution in [0, 0.1) is 0 Å². The van der Waals surface area contributed by atoms with Crippen LogP contribution in [0.1, 0.15) is 18.5 Å². The number of rotatable bonds is 5. The second kappa shape index (κ2) is 6.52. The molecule has 2 aromatic carbocycles. The third-order valence-corrected chi connectivity index (χ3v) is 2.92. The summed E-state index contributed by atoms with van der Waals surface area (Å²) in [6.07, 6.45) is -4.39. The van der Waals surface area contributed by atoms with E-state index in [0.717, 1.165) is 0 Å². The summed E-state index contributed by atoms with van der Waals surface area (Å²) in [5, 5.41) is 2.53. The Kier molecular flexibility index (Phi) is 4.73. The highest BCUT2D eigenvalue weighted by atomic mass is 19.4. The first kappa shape index (κ1) is 15.2. The van der Waals surface area contributed by atoms with E-state index >= 15 is 0 Å². The van der Waals surface area contributed by atoms with Crippen molar-refractivity contribution in [2.45, 2.75) is 19.1 Å². The Labute approximate surface area is 121 Å². The van der Waals surface area contributed by atoms with Gasteiger partial charge in [-0.1, -0.05) is 36.4 Å². The SMILES string of the molecule is CCOc1cccc(NC(c2ccccc2)C(F)(F)F)c1. The van der Waals surface area contributed by atoms with E-state index in [9.17, 15) is 13.2 Å². The van der Waals surface area contributed by atoms with Crippen molar-refractivity contribution in [3.05, 3.63) is 60.2 Å². The number of nitrogens with one attached hydrogen (secondary N) is 1. The molecule has 0 bridgehead atoms. The molecule has 0 radical (unpaired) electrons. The molecule has 0 aliphatic carbocycles. The molecular weight excluding hydrogens is 279 g/mol. The van der Waals surface area contributed by atoms with Crippen LogP contribution in [0.4, 0.5) is 18.9 Å². The highest BCUT2D eigenvalue weighted by molar-refractivity contribution is 5.50. The van der Waals surface area contributed by atoms with Crippen molar-refractivity contribution in [3.63, 3.8) is 0 Å². The van der Waals surface area contributed by atoms with Crippen molar-refractivity contribution >= 4 is 5.69 Å². The minimum absolute atomic E-state index is 0.173. The third-order valence-electron chi connectivity index (χ3n) is 2.92. The first-order valence-electron chi connectivity index (χ1n) is 6.61. The first-order valence-corrected chi connectivity index (χ1v) is 6.61. The number of hydrogen-bond donors (Lipinski definition) is 1. The van der Waals surface area contributed by atoms with Gasteiger partial charge in [0, 0.05) is 11.8 Å². The molecule has 112 valence electrons. The lowest BCUT2D eigenvalue weighted by molar-refractivity contribution is -0.144. The molecule has 1 atom stereocenters. The standard InChI is InChI=1S/C16H16F3NO/c1-2-21-14-10-6-9-13(11-14)20-15(16(17,18)19)12-7-4-3-5-8-12/h3-11,15,20H,2H2,1H3. The average molecular weight is 295 g/mol. The molecule has 1 N–H and O–H groups in total. The van der Waals surface area contributed by atoms with Gasteiger partial charge in [0.25, 0.3) is 0 Å². The topological polar surface area (TPSA) is 21.3 Å². The molecule has 0 aromatic heterocycles. The zero-order valence-electron chi connectivity index (χ0n) is 11.5. The molecule has 2 aromatic rings. The molecule has 1 unspecified atom stereocenters. The van der Waals surface area contributed by atoms with Gasteiger partial charge in [0.05, 0.1) is 6.61 Å². The number of ether oxygens (including phenoxy) is 1. The lowest BCUT2D eigenvalue weighted by atomic mass is 10.1. The fraction of sp³-hybridized carbons (Fsp3) is 0.250. The molecular formula is C16H16F3NO.